The van der Waals surface area contributed by atoms with Gasteiger partial charge in [-0.25, -0.2) is 13.6 Å². The maximum atomic E-state index is 13.4. The van der Waals surface area contributed by atoms with Gasteiger partial charge < -0.3 is 10.4 Å². The van der Waals surface area contributed by atoms with Gasteiger partial charge >= 0.3 is 5.97 Å². The van der Waals surface area contributed by atoms with Crippen LogP contribution in [0.1, 0.15) is 23.7 Å². The molecule has 0 aliphatic heterocycles. The van der Waals surface area contributed by atoms with Crippen LogP contribution in [0, 0.1) is 23.5 Å². The molecule has 0 aliphatic carbocycles. The number of hydrogen-bond acceptors (Lipinski definition) is 2. The molecule has 1 aromatic rings. The molecule has 0 aliphatic rings. The van der Waals surface area contributed by atoms with Gasteiger partial charge in [0.1, 0.15) is 0 Å². The summed E-state index contributed by atoms with van der Waals surface area (Å²) in [6, 6.07) is 2.22. The molecule has 0 fully saturated rings. The molecule has 0 unspecified atom stereocenters. The van der Waals surface area contributed by atoms with Crippen LogP contribution in [0.5, 0.6) is 0 Å². The van der Waals surface area contributed by atoms with Crippen molar-refractivity contribution in [1.29, 1.82) is 0 Å². The van der Waals surface area contributed by atoms with E-state index in [9.17, 15) is 13.6 Å². The zero-order chi connectivity index (χ0) is 12.8. The van der Waals surface area contributed by atoms with E-state index in [2.05, 4.69) is 17.2 Å². The molecule has 2 N–H and O–H groups in total. The minimum absolute atomic E-state index is 0.0644. The Morgan fingerprint density at radius 1 is 1.41 bits per heavy atom. The SMILES string of the molecule is CC#CCCNc1ccc(C(=O)O)c(F)c1F. The van der Waals surface area contributed by atoms with Crippen LogP contribution < -0.4 is 5.32 Å². The van der Waals surface area contributed by atoms with Crippen LogP contribution in [0.3, 0.4) is 0 Å². The first-order valence-electron chi connectivity index (χ1n) is 4.92. The first-order valence-corrected chi connectivity index (χ1v) is 4.92. The monoisotopic (exact) mass is 239 g/mol. The fourth-order valence-corrected chi connectivity index (χ4v) is 1.24. The van der Waals surface area contributed by atoms with Crippen molar-refractivity contribution >= 4 is 11.7 Å². The summed E-state index contributed by atoms with van der Waals surface area (Å²) < 4.78 is 26.7. The summed E-state index contributed by atoms with van der Waals surface area (Å²) >= 11 is 0. The zero-order valence-corrected chi connectivity index (χ0v) is 9.18. The van der Waals surface area contributed by atoms with Gasteiger partial charge in [-0.2, -0.15) is 0 Å². The van der Waals surface area contributed by atoms with Crippen molar-refractivity contribution in [3.63, 3.8) is 0 Å². The Morgan fingerprint density at radius 3 is 2.71 bits per heavy atom. The van der Waals surface area contributed by atoms with Crippen LogP contribution in [-0.4, -0.2) is 17.6 Å². The molecular formula is C12H11F2NO2. The van der Waals surface area contributed by atoms with Gasteiger partial charge in [0.05, 0.1) is 11.3 Å². The van der Waals surface area contributed by atoms with Crippen molar-refractivity contribution < 1.29 is 18.7 Å². The lowest BCUT2D eigenvalue weighted by Crippen LogP contribution is -2.08. The van der Waals surface area contributed by atoms with Gasteiger partial charge in [0.2, 0.25) is 0 Å². The number of anilines is 1. The molecule has 1 rings (SSSR count). The van der Waals surface area contributed by atoms with E-state index >= 15 is 0 Å². The third kappa shape index (κ3) is 3.18. The van der Waals surface area contributed by atoms with Crippen LogP contribution in [0.2, 0.25) is 0 Å². The van der Waals surface area contributed by atoms with Gasteiger partial charge in [0, 0.05) is 13.0 Å². The number of carboxylic acids is 1. The van der Waals surface area contributed by atoms with E-state index in [0.717, 1.165) is 6.07 Å². The number of nitrogens with one attached hydrogen (secondary N) is 1. The second-order valence-corrected chi connectivity index (χ2v) is 3.20. The summed E-state index contributed by atoms with van der Waals surface area (Å²) in [5.74, 6) is 1.39. The minimum atomic E-state index is -1.50. The Kier molecular flexibility index (Phi) is 4.46. The van der Waals surface area contributed by atoms with Crippen molar-refractivity contribution in [3.8, 4) is 11.8 Å². The number of aromatic carboxylic acids is 1. The van der Waals surface area contributed by atoms with Crippen molar-refractivity contribution in [2.45, 2.75) is 13.3 Å². The number of carboxylic acid groups (broad SMARTS) is 1. The molecule has 17 heavy (non-hydrogen) atoms. The normalized spacial score (nSPS) is 9.35. The highest BCUT2D eigenvalue weighted by Gasteiger charge is 2.17. The molecule has 0 bridgehead atoms. The molecule has 0 aromatic heterocycles. The van der Waals surface area contributed by atoms with E-state index in [1.807, 2.05) is 0 Å². The van der Waals surface area contributed by atoms with Crippen molar-refractivity contribution in [2.75, 3.05) is 11.9 Å². The molecule has 0 saturated heterocycles. The first kappa shape index (κ1) is 13.0. The molecule has 90 valence electrons. The summed E-state index contributed by atoms with van der Waals surface area (Å²) in [6.07, 6.45) is 0.498. The van der Waals surface area contributed by atoms with Crippen molar-refractivity contribution in [2.24, 2.45) is 0 Å². The van der Waals surface area contributed by atoms with Crippen LogP contribution in [0.25, 0.3) is 0 Å². The standard InChI is InChI=1S/C12H11F2NO2/c1-2-3-4-7-15-9-6-5-8(12(16)17)10(13)11(9)14/h5-6,15H,4,7H2,1H3,(H,16,17). The Hall–Kier alpha value is -2.09. The van der Waals surface area contributed by atoms with Gasteiger partial charge in [-0.15, -0.1) is 11.8 Å². The molecule has 0 heterocycles. The van der Waals surface area contributed by atoms with Crippen LogP contribution >= 0.6 is 0 Å². The predicted molar refractivity (Wildman–Crippen MR) is 59.9 cm³/mol. The summed E-state index contributed by atoms with van der Waals surface area (Å²) in [5, 5.41) is 11.2. The third-order valence-corrected chi connectivity index (χ3v) is 2.05. The first-order chi connectivity index (χ1) is 8.07. The van der Waals surface area contributed by atoms with Gasteiger partial charge in [0.25, 0.3) is 0 Å². The number of halogens is 2. The van der Waals surface area contributed by atoms with E-state index in [1.54, 1.807) is 6.92 Å². The number of carbonyl (C=O) groups is 1. The molecule has 0 spiro atoms. The van der Waals surface area contributed by atoms with Crippen LogP contribution in [-0.2, 0) is 0 Å². The average Bonchev–Trinajstić information content (AvgIpc) is 2.29. The Bertz CT molecular complexity index is 489. The van der Waals surface area contributed by atoms with Gasteiger partial charge in [-0.1, -0.05) is 0 Å². The van der Waals surface area contributed by atoms with E-state index in [-0.39, 0.29) is 5.69 Å². The minimum Gasteiger partial charge on any atom is -0.478 e. The van der Waals surface area contributed by atoms with E-state index in [0.29, 0.717) is 13.0 Å². The molecule has 0 saturated carbocycles. The molecule has 1 aromatic carbocycles. The lowest BCUT2D eigenvalue weighted by atomic mass is 10.2. The van der Waals surface area contributed by atoms with Crippen molar-refractivity contribution in [1.82, 2.24) is 0 Å². The third-order valence-electron chi connectivity index (χ3n) is 2.05. The maximum absolute atomic E-state index is 13.4. The summed E-state index contributed by atoms with van der Waals surface area (Å²) in [6.45, 7) is 2.05. The molecule has 5 heteroatoms. The van der Waals surface area contributed by atoms with Crippen LogP contribution in [0.15, 0.2) is 12.1 Å². The molecule has 3 nitrogen and oxygen atoms in total. The largest absolute Gasteiger partial charge is 0.478 e. The van der Waals surface area contributed by atoms with Gasteiger partial charge in [-0.05, 0) is 19.1 Å². The molecule has 0 atom stereocenters. The van der Waals surface area contributed by atoms with E-state index in [1.165, 1.54) is 6.07 Å². The van der Waals surface area contributed by atoms with Crippen molar-refractivity contribution in [3.05, 3.63) is 29.3 Å². The van der Waals surface area contributed by atoms with Gasteiger partial charge in [-0.3, -0.25) is 0 Å². The van der Waals surface area contributed by atoms with Gasteiger partial charge in [0.15, 0.2) is 11.6 Å². The fraction of sp³-hybridized carbons (Fsp3) is 0.250. The molecule has 0 amide bonds. The highest BCUT2D eigenvalue weighted by molar-refractivity contribution is 5.88. The molecular weight excluding hydrogens is 228 g/mol. The molecule has 0 radical (unpaired) electrons. The highest BCUT2D eigenvalue weighted by atomic mass is 19.2. The highest BCUT2D eigenvalue weighted by Crippen LogP contribution is 2.20. The zero-order valence-electron chi connectivity index (χ0n) is 9.18. The lowest BCUT2D eigenvalue weighted by molar-refractivity contribution is 0.0690. The summed E-state index contributed by atoms with van der Waals surface area (Å²) in [4.78, 5) is 10.5. The Labute approximate surface area is 97.5 Å². The summed E-state index contributed by atoms with van der Waals surface area (Å²) in [7, 11) is 0. The predicted octanol–water partition coefficient (Wildman–Crippen LogP) is 2.49. The smallest absolute Gasteiger partial charge is 0.338 e. The van der Waals surface area contributed by atoms with E-state index < -0.39 is 23.2 Å². The summed E-state index contributed by atoms with van der Waals surface area (Å²) in [5.41, 5.74) is -0.744. The maximum Gasteiger partial charge on any atom is 0.338 e. The topological polar surface area (TPSA) is 49.3 Å². The van der Waals surface area contributed by atoms with Crippen LogP contribution in [0.4, 0.5) is 14.5 Å². The van der Waals surface area contributed by atoms with E-state index in [4.69, 9.17) is 5.11 Å². The fourth-order valence-electron chi connectivity index (χ4n) is 1.24. The average molecular weight is 239 g/mol. The quantitative estimate of drug-likeness (QED) is 0.627. The lowest BCUT2D eigenvalue weighted by Gasteiger charge is -2.07. The second kappa shape index (κ2) is 5.85. The Balaban J connectivity index is 2.84. The second-order valence-electron chi connectivity index (χ2n) is 3.20. The number of benzene rings is 1. The Morgan fingerprint density at radius 2 is 2.12 bits per heavy atom. The number of rotatable bonds is 4. The number of hydrogen-bond donors (Lipinski definition) is 2.